The van der Waals surface area contributed by atoms with Crippen LogP contribution in [0, 0.1) is 13.8 Å². The third-order valence-corrected chi connectivity index (χ3v) is 3.69. The quantitative estimate of drug-likeness (QED) is 0.787. The third kappa shape index (κ3) is 4.68. The lowest BCUT2D eigenvalue weighted by atomic mass is 10.1. The van der Waals surface area contributed by atoms with E-state index in [1.165, 1.54) is 21.9 Å². The average Bonchev–Trinajstić information content (AvgIpc) is 2.55. The summed E-state index contributed by atoms with van der Waals surface area (Å²) in [5.74, 6) is 0.0402. The molecule has 0 amide bonds. The monoisotopic (exact) mass is 329 g/mol. The van der Waals surface area contributed by atoms with Gasteiger partial charge in [-0.3, -0.25) is 14.2 Å². The molecular weight excluding hydrogens is 306 g/mol. The number of benzene rings is 1. The molecule has 128 valence electrons. The van der Waals surface area contributed by atoms with E-state index in [2.05, 4.69) is 34.6 Å². The Labute approximate surface area is 141 Å². The first-order chi connectivity index (χ1) is 11.5. The van der Waals surface area contributed by atoms with Gasteiger partial charge in [-0.05, 0) is 32.8 Å². The van der Waals surface area contributed by atoms with Gasteiger partial charge in [0.15, 0.2) is 0 Å². The minimum atomic E-state index is -0.443. The molecule has 24 heavy (non-hydrogen) atoms. The van der Waals surface area contributed by atoms with Crippen LogP contribution in [0.15, 0.2) is 35.3 Å². The zero-order chi connectivity index (χ0) is 17.5. The molecule has 0 aliphatic rings. The Morgan fingerprint density at radius 2 is 1.96 bits per heavy atom. The van der Waals surface area contributed by atoms with E-state index in [1.807, 2.05) is 6.92 Å². The van der Waals surface area contributed by atoms with E-state index in [-0.39, 0.29) is 18.7 Å². The SMILES string of the molecule is CCOC(=O)Cn1c(C)ncc(NCCc2ccc(C)cc2)c1=O. The van der Waals surface area contributed by atoms with Crippen molar-refractivity contribution in [3.63, 3.8) is 0 Å². The molecule has 0 unspecified atom stereocenters. The summed E-state index contributed by atoms with van der Waals surface area (Å²) in [6, 6.07) is 8.27. The first-order valence-corrected chi connectivity index (χ1v) is 8.02. The van der Waals surface area contributed by atoms with Crippen LogP contribution in [0.4, 0.5) is 5.69 Å². The van der Waals surface area contributed by atoms with Crippen LogP contribution in [0.3, 0.4) is 0 Å². The van der Waals surface area contributed by atoms with Crippen LogP contribution >= 0.6 is 0 Å². The molecule has 0 saturated heterocycles. The second kappa shape index (κ2) is 8.29. The van der Waals surface area contributed by atoms with Gasteiger partial charge in [-0.25, -0.2) is 4.98 Å². The number of rotatable bonds is 7. The van der Waals surface area contributed by atoms with Crippen molar-refractivity contribution in [1.82, 2.24) is 9.55 Å². The molecule has 0 bridgehead atoms. The molecule has 0 aliphatic carbocycles. The number of nitrogens with one attached hydrogen (secondary N) is 1. The van der Waals surface area contributed by atoms with E-state index in [0.29, 0.717) is 18.1 Å². The minimum absolute atomic E-state index is 0.126. The standard InChI is InChI=1S/C18H23N3O3/c1-4-24-17(22)12-21-14(3)20-11-16(18(21)23)19-10-9-15-7-5-13(2)6-8-15/h5-8,11,19H,4,9-10,12H2,1-3H3. The van der Waals surface area contributed by atoms with Crippen LogP contribution in [0.2, 0.25) is 0 Å². The Morgan fingerprint density at radius 3 is 2.62 bits per heavy atom. The number of aryl methyl sites for hydroxylation is 2. The molecule has 0 aliphatic heterocycles. The maximum atomic E-state index is 12.5. The fourth-order valence-electron chi connectivity index (χ4n) is 2.31. The minimum Gasteiger partial charge on any atom is -0.465 e. The molecule has 0 saturated carbocycles. The number of nitrogens with zero attached hydrogens (tertiary/aromatic N) is 2. The van der Waals surface area contributed by atoms with Crippen molar-refractivity contribution < 1.29 is 9.53 Å². The third-order valence-electron chi connectivity index (χ3n) is 3.69. The maximum absolute atomic E-state index is 12.5. The van der Waals surface area contributed by atoms with E-state index in [4.69, 9.17) is 4.74 Å². The Kier molecular flexibility index (Phi) is 6.12. The normalized spacial score (nSPS) is 10.5. The summed E-state index contributed by atoms with van der Waals surface area (Å²) in [5, 5.41) is 3.10. The highest BCUT2D eigenvalue weighted by molar-refractivity contribution is 5.69. The summed E-state index contributed by atoms with van der Waals surface area (Å²) in [7, 11) is 0. The van der Waals surface area contributed by atoms with Crippen molar-refractivity contribution in [1.29, 1.82) is 0 Å². The lowest BCUT2D eigenvalue weighted by Gasteiger charge is -2.12. The fourth-order valence-corrected chi connectivity index (χ4v) is 2.31. The van der Waals surface area contributed by atoms with E-state index < -0.39 is 5.97 Å². The van der Waals surface area contributed by atoms with E-state index in [1.54, 1.807) is 13.8 Å². The van der Waals surface area contributed by atoms with E-state index in [9.17, 15) is 9.59 Å². The number of aromatic nitrogens is 2. The first-order valence-electron chi connectivity index (χ1n) is 8.02. The van der Waals surface area contributed by atoms with Gasteiger partial charge >= 0.3 is 5.97 Å². The molecule has 6 heteroatoms. The average molecular weight is 329 g/mol. The highest BCUT2D eigenvalue weighted by atomic mass is 16.5. The van der Waals surface area contributed by atoms with Crippen molar-refractivity contribution >= 4 is 11.7 Å². The maximum Gasteiger partial charge on any atom is 0.326 e. The van der Waals surface area contributed by atoms with Gasteiger partial charge in [0.1, 0.15) is 18.1 Å². The largest absolute Gasteiger partial charge is 0.465 e. The molecule has 1 aromatic heterocycles. The van der Waals surface area contributed by atoms with Gasteiger partial charge in [0, 0.05) is 6.54 Å². The van der Waals surface area contributed by atoms with Crippen molar-refractivity contribution in [2.24, 2.45) is 0 Å². The van der Waals surface area contributed by atoms with Gasteiger partial charge in [0.25, 0.3) is 5.56 Å². The van der Waals surface area contributed by atoms with Crippen molar-refractivity contribution in [3.8, 4) is 0 Å². The molecule has 2 rings (SSSR count). The van der Waals surface area contributed by atoms with Crippen molar-refractivity contribution in [2.75, 3.05) is 18.5 Å². The van der Waals surface area contributed by atoms with E-state index in [0.717, 1.165) is 6.42 Å². The van der Waals surface area contributed by atoms with E-state index >= 15 is 0 Å². The number of hydrogen-bond acceptors (Lipinski definition) is 5. The number of carbonyl (C=O) groups is 1. The summed E-state index contributed by atoms with van der Waals surface area (Å²) < 4.78 is 6.22. The number of ether oxygens (including phenoxy) is 1. The molecule has 1 aromatic carbocycles. The number of anilines is 1. The molecule has 0 atom stereocenters. The van der Waals surface area contributed by atoms with Crippen molar-refractivity contribution in [2.45, 2.75) is 33.7 Å². The molecule has 0 spiro atoms. The van der Waals surface area contributed by atoms with Gasteiger partial charge in [-0.2, -0.15) is 0 Å². The molecule has 0 radical (unpaired) electrons. The van der Waals surface area contributed by atoms with Gasteiger partial charge in [-0.15, -0.1) is 0 Å². The van der Waals surface area contributed by atoms with Crippen LogP contribution in [0.5, 0.6) is 0 Å². The highest BCUT2D eigenvalue weighted by Gasteiger charge is 2.11. The smallest absolute Gasteiger partial charge is 0.326 e. The van der Waals surface area contributed by atoms with Gasteiger partial charge < -0.3 is 10.1 Å². The lowest BCUT2D eigenvalue weighted by Crippen LogP contribution is -2.30. The number of carbonyl (C=O) groups excluding carboxylic acids is 1. The zero-order valence-electron chi connectivity index (χ0n) is 14.3. The second-order valence-corrected chi connectivity index (χ2v) is 5.58. The Bertz CT molecular complexity index is 751. The van der Waals surface area contributed by atoms with Crippen LogP contribution < -0.4 is 10.9 Å². The summed E-state index contributed by atoms with van der Waals surface area (Å²) in [6.45, 7) is 6.24. The predicted molar refractivity (Wildman–Crippen MR) is 93.2 cm³/mol. The highest BCUT2D eigenvalue weighted by Crippen LogP contribution is 2.05. The van der Waals surface area contributed by atoms with Crippen LogP contribution in [-0.2, 0) is 22.5 Å². The van der Waals surface area contributed by atoms with Gasteiger partial charge in [0.05, 0.1) is 12.8 Å². The predicted octanol–water partition coefficient (Wildman–Crippen LogP) is 2.08. The zero-order valence-corrected chi connectivity index (χ0v) is 14.3. The number of esters is 1. The van der Waals surface area contributed by atoms with Gasteiger partial charge in [-0.1, -0.05) is 29.8 Å². The molecule has 6 nitrogen and oxygen atoms in total. The molecule has 2 aromatic rings. The first kappa shape index (κ1) is 17.7. The topological polar surface area (TPSA) is 73.2 Å². The molecule has 1 heterocycles. The lowest BCUT2D eigenvalue weighted by molar-refractivity contribution is -0.143. The summed E-state index contributed by atoms with van der Waals surface area (Å²) in [5.41, 5.74) is 2.53. The molecule has 1 N–H and O–H groups in total. The van der Waals surface area contributed by atoms with Crippen LogP contribution in [0.1, 0.15) is 23.9 Å². The Hall–Kier alpha value is -2.63. The Balaban J connectivity index is 2.03. The summed E-state index contributed by atoms with van der Waals surface area (Å²) >= 11 is 0. The number of hydrogen-bond donors (Lipinski definition) is 1. The summed E-state index contributed by atoms with van der Waals surface area (Å²) in [4.78, 5) is 28.3. The Morgan fingerprint density at radius 1 is 1.25 bits per heavy atom. The second-order valence-electron chi connectivity index (χ2n) is 5.58. The molecular formula is C18H23N3O3. The fraction of sp³-hybridized carbons (Fsp3) is 0.389. The van der Waals surface area contributed by atoms with Crippen molar-refractivity contribution in [3.05, 3.63) is 57.8 Å². The van der Waals surface area contributed by atoms with Crippen LogP contribution in [-0.4, -0.2) is 28.7 Å². The van der Waals surface area contributed by atoms with Gasteiger partial charge in [0.2, 0.25) is 0 Å². The summed E-state index contributed by atoms with van der Waals surface area (Å²) in [6.07, 6.45) is 2.31. The molecule has 0 fully saturated rings. The van der Waals surface area contributed by atoms with Crippen LogP contribution in [0.25, 0.3) is 0 Å².